The number of rotatable bonds is 13. The molecule has 0 bridgehead atoms. The molecule has 3 atom stereocenters. The molecule has 0 aromatic heterocycles. The first-order chi connectivity index (χ1) is 25.9. The molecule has 14 heteroatoms. The van der Waals surface area contributed by atoms with Crippen LogP contribution in [0.5, 0.6) is 11.5 Å². The molecule has 14 nitrogen and oxygen atoms in total. The molecular formula is C40H43N7O7. The molecule has 280 valence electrons. The number of nitrogens with two attached hydrogens (primary N) is 3. The summed E-state index contributed by atoms with van der Waals surface area (Å²) in [5.74, 6) is -0.918. The number of alkyl carbamates (subject to hydrolysis) is 1. The Kier molecular flexibility index (Phi) is 11.0. The van der Waals surface area contributed by atoms with Gasteiger partial charge >= 0.3 is 12.1 Å². The van der Waals surface area contributed by atoms with Gasteiger partial charge in [0.15, 0.2) is 11.6 Å². The van der Waals surface area contributed by atoms with Crippen LogP contribution < -0.4 is 37.9 Å². The number of carbonyl (C=O) groups is 4. The SMILES string of the molecule is CC(C)CC(NC(=O)OCc1ccccc1)C(=O)NC(CCCN=C(N)N)C(=O)Nc1ccc2c(c1)Oc1cc(N)ccc1C21OC(=O)c2ccccc21. The standard InChI is InChI=1S/C40H43N7O7/c1-23(2)19-32(47-39(51)52-22-24-9-4-3-5-10-24)36(49)46-31(13-8-18-44-38(42)43)35(48)45-26-15-17-30-34(21-26)53-33-20-25(41)14-16-29(33)40(30)28-12-7-6-11-27(28)37(50)54-40/h3-7,9-12,14-17,20-21,23,31-32H,8,13,18-19,22,41H2,1-2H3,(H,45,48)(H,46,49)(H,47,51)(H4,42,43,44). The fourth-order valence-corrected chi connectivity index (χ4v) is 6.65. The highest BCUT2D eigenvalue weighted by atomic mass is 16.6. The molecule has 1 spiro atoms. The maximum atomic E-state index is 13.9. The van der Waals surface area contributed by atoms with Crippen molar-refractivity contribution in [3.8, 4) is 11.5 Å². The molecule has 54 heavy (non-hydrogen) atoms. The molecular weight excluding hydrogens is 690 g/mol. The number of benzene rings is 4. The largest absolute Gasteiger partial charge is 0.456 e. The monoisotopic (exact) mass is 733 g/mol. The number of hydrogen-bond acceptors (Lipinski definition) is 9. The number of nitrogens with one attached hydrogen (secondary N) is 3. The number of anilines is 2. The maximum Gasteiger partial charge on any atom is 0.408 e. The Bertz CT molecular complexity index is 2080. The zero-order valence-corrected chi connectivity index (χ0v) is 30.0. The molecule has 0 saturated heterocycles. The number of fused-ring (bicyclic) bond motifs is 6. The van der Waals surface area contributed by atoms with Gasteiger partial charge < -0.3 is 47.4 Å². The Morgan fingerprint density at radius 1 is 0.833 bits per heavy atom. The number of guanidine groups is 1. The summed E-state index contributed by atoms with van der Waals surface area (Å²) in [6, 6.07) is 24.5. The van der Waals surface area contributed by atoms with Gasteiger partial charge in [-0.15, -0.1) is 0 Å². The van der Waals surface area contributed by atoms with E-state index in [-0.39, 0.29) is 37.9 Å². The Morgan fingerprint density at radius 3 is 2.28 bits per heavy atom. The first-order valence-corrected chi connectivity index (χ1v) is 17.6. The lowest BCUT2D eigenvalue weighted by atomic mass is 9.77. The van der Waals surface area contributed by atoms with Crippen LogP contribution in [0.2, 0.25) is 0 Å². The number of nitrogen functional groups attached to an aromatic ring is 1. The van der Waals surface area contributed by atoms with Crippen LogP contribution in [0.3, 0.4) is 0 Å². The zero-order valence-electron chi connectivity index (χ0n) is 30.0. The van der Waals surface area contributed by atoms with Crippen LogP contribution in [0.15, 0.2) is 96.0 Å². The van der Waals surface area contributed by atoms with E-state index in [1.165, 1.54) is 0 Å². The number of esters is 1. The van der Waals surface area contributed by atoms with Crippen LogP contribution in [0, 0.1) is 5.92 Å². The number of ether oxygens (including phenoxy) is 3. The zero-order chi connectivity index (χ0) is 38.4. The minimum absolute atomic E-state index is 0.0229. The topological polar surface area (TPSA) is 222 Å². The van der Waals surface area contributed by atoms with Gasteiger partial charge in [0, 0.05) is 46.7 Å². The Labute approximate surface area is 312 Å². The van der Waals surface area contributed by atoms with Crippen LogP contribution in [0.1, 0.15) is 65.7 Å². The van der Waals surface area contributed by atoms with Crippen molar-refractivity contribution in [1.29, 1.82) is 0 Å². The molecule has 3 amide bonds. The van der Waals surface area contributed by atoms with Crippen molar-refractivity contribution in [1.82, 2.24) is 10.6 Å². The first kappa shape index (κ1) is 37.2. The lowest BCUT2D eigenvalue weighted by Crippen LogP contribution is -2.53. The highest BCUT2D eigenvalue weighted by Gasteiger charge is 2.53. The number of amides is 3. The van der Waals surface area contributed by atoms with E-state index in [1.54, 1.807) is 48.5 Å². The third-order valence-electron chi connectivity index (χ3n) is 9.11. The summed E-state index contributed by atoms with van der Waals surface area (Å²) < 4.78 is 17.9. The summed E-state index contributed by atoms with van der Waals surface area (Å²) >= 11 is 0. The van der Waals surface area contributed by atoms with E-state index in [0.717, 1.165) is 5.56 Å². The summed E-state index contributed by atoms with van der Waals surface area (Å²) in [6.07, 6.45) is 0.0546. The predicted molar refractivity (Wildman–Crippen MR) is 203 cm³/mol. The molecule has 3 unspecified atom stereocenters. The van der Waals surface area contributed by atoms with Crippen molar-refractivity contribution in [3.05, 3.63) is 119 Å². The number of nitrogens with zero attached hydrogens (tertiary/aromatic N) is 1. The summed E-state index contributed by atoms with van der Waals surface area (Å²) in [5, 5.41) is 8.35. The van der Waals surface area contributed by atoms with Gasteiger partial charge in [0.05, 0.1) is 5.56 Å². The van der Waals surface area contributed by atoms with E-state index >= 15 is 0 Å². The van der Waals surface area contributed by atoms with Crippen molar-refractivity contribution >= 4 is 41.2 Å². The lowest BCUT2D eigenvalue weighted by Gasteiger charge is -2.36. The molecule has 4 aromatic rings. The molecule has 0 saturated carbocycles. The third-order valence-corrected chi connectivity index (χ3v) is 9.11. The van der Waals surface area contributed by atoms with Gasteiger partial charge in [0.25, 0.3) is 0 Å². The van der Waals surface area contributed by atoms with Crippen molar-refractivity contribution < 1.29 is 33.4 Å². The fourth-order valence-electron chi connectivity index (χ4n) is 6.65. The second-order valence-corrected chi connectivity index (χ2v) is 13.6. The summed E-state index contributed by atoms with van der Waals surface area (Å²) in [7, 11) is 0. The van der Waals surface area contributed by atoms with Gasteiger partial charge in [-0.2, -0.15) is 0 Å². The normalized spacial score (nSPS) is 16.1. The van der Waals surface area contributed by atoms with E-state index in [2.05, 4.69) is 20.9 Å². The summed E-state index contributed by atoms with van der Waals surface area (Å²) in [6.45, 7) is 4.07. The van der Waals surface area contributed by atoms with Gasteiger partial charge in [-0.1, -0.05) is 62.4 Å². The molecule has 2 heterocycles. The highest BCUT2D eigenvalue weighted by molar-refractivity contribution is 5.99. The second kappa shape index (κ2) is 16.0. The summed E-state index contributed by atoms with van der Waals surface area (Å²) in [5.41, 5.74) is 19.6. The molecule has 2 aliphatic rings. The van der Waals surface area contributed by atoms with Crippen LogP contribution in [-0.4, -0.2) is 48.5 Å². The van der Waals surface area contributed by atoms with Gasteiger partial charge in [-0.25, -0.2) is 9.59 Å². The third kappa shape index (κ3) is 8.07. The number of carbonyl (C=O) groups excluding carboxylic acids is 4. The fraction of sp³-hybridized carbons (Fsp3) is 0.275. The predicted octanol–water partition coefficient (Wildman–Crippen LogP) is 4.65. The average Bonchev–Trinajstić information content (AvgIpc) is 3.43. The summed E-state index contributed by atoms with van der Waals surface area (Å²) in [4.78, 5) is 57.6. The van der Waals surface area contributed by atoms with Crippen LogP contribution >= 0.6 is 0 Å². The van der Waals surface area contributed by atoms with E-state index in [1.807, 2.05) is 56.3 Å². The van der Waals surface area contributed by atoms with Crippen molar-refractivity contribution in [2.24, 2.45) is 22.4 Å². The van der Waals surface area contributed by atoms with Gasteiger partial charge in [-0.05, 0) is 61.1 Å². The molecule has 4 aromatic carbocycles. The van der Waals surface area contributed by atoms with E-state index < -0.39 is 41.6 Å². The Morgan fingerprint density at radius 2 is 1.54 bits per heavy atom. The molecule has 0 radical (unpaired) electrons. The Hall–Kier alpha value is -6.57. The smallest absolute Gasteiger partial charge is 0.408 e. The second-order valence-electron chi connectivity index (χ2n) is 13.6. The van der Waals surface area contributed by atoms with Crippen LogP contribution in [0.4, 0.5) is 16.2 Å². The van der Waals surface area contributed by atoms with Crippen molar-refractivity contribution in [2.75, 3.05) is 17.6 Å². The minimum Gasteiger partial charge on any atom is -0.456 e. The van der Waals surface area contributed by atoms with Crippen molar-refractivity contribution in [3.63, 3.8) is 0 Å². The molecule has 6 rings (SSSR count). The van der Waals surface area contributed by atoms with Crippen LogP contribution in [0.25, 0.3) is 0 Å². The van der Waals surface area contributed by atoms with Crippen LogP contribution in [-0.2, 0) is 31.3 Å². The first-order valence-electron chi connectivity index (χ1n) is 17.6. The van der Waals surface area contributed by atoms with E-state index in [9.17, 15) is 19.2 Å². The highest BCUT2D eigenvalue weighted by Crippen LogP contribution is 2.56. The molecule has 0 fully saturated rings. The van der Waals surface area contributed by atoms with Crippen molar-refractivity contribution in [2.45, 2.75) is 57.4 Å². The quantitative estimate of drug-likeness (QED) is 0.0367. The maximum absolute atomic E-state index is 13.9. The average molecular weight is 734 g/mol. The molecule has 0 aliphatic carbocycles. The van der Waals surface area contributed by atoms with Gasteiger partial charge in [-0.3, -0.25) is 14.6 Å². The van der Waals surface area contributed by atoms with Gasteiger partial charge in [0.2, 0.25) is 11.8 Å². The van der Waals surface area contributed by atoms with Gasteiger partial charge in [0.1, 0.15) is 30.2 Å². The molecule has 9 N–H and O–H groups in total. The number of hydrogen-bond donors (Lipinski definition) is 6. The Balaban J connectivity index is 1.23. The van der Waals surface area contributed by atoms with E-state index in [0.29, 0.717) is 51.5 Å². The minimum atomic E-state index is -1.31. The molecule has 2 aliphatic heterocycles. The number of aliphatic imine (C=N–C) groups is 1. The lowest BCUT2D eigenvalue weighted by molar-refractivity contribution is -0.128. The van der Waals surface area contributed by atoms with E-state index in [4.69, 9.17) is 31.4 Å².